The molecular weight excluding hydrogens is 250 g/mol. The van der Waals surface area contributed by atoms with Crippen LogP contribution in [0.4, 0.5) is 0 Å². The molecule has 0 spiro atoms. The topological polar surface area (TPSA) is 69.6 Å². The molecule has 2 unspecified atom stereocenters. The van der Waals surface area contributed by atoms with E-state index in [9.17, 15) is 15.0 Å². The molecule has 18 heavy (non-hydrogen) atoms. The first-order valence-electron chi connectivity index (χ1n) is 5.77. The van der Waals surface area contributed by atoms with Gasteiger partial charge in [-0.1, -0.05) is 36.0 Å². The number of aliphatic hydroxyl groups excluding tert-OH is 2. The van der Waals surface area contributed by atoms with Crippen molar-refractivity contribution in [2.75, 3.05) is 12.8 Å². The zero-order valence-corrected chi connectivity index (χ0v) is 11.4. The predicted molar refractivity (Wildman–Crippen MR) is 73.3 cm³/mol. The summed E-state index contributed by atoms with van der Waals surface area (Å²) in [7, 11) is 1.85. The molecule has 0 heterocycles. The predicted octanol–water partition coefficient (Wildman–Crippen LogP) is 1.08. The molecule has 0 amide bonds. The molecule has 5 heteroatoms. The number of nitrogens with one attached hydrogen (secondary N) is 1. The summed E-state index contributed by atoms with van der Waals surface area (Å²) < 4.78 is 0. The Bertz CT molecular complexity index is 398. The Morgan fingerprint density at radius 3 is 2.78 bits per heavy atom. The number of rotatable bonds is 6. The van der Waals surface area contributed by atoms with Gasteiger partial charge in [-0.2, -0.15) is 0 Å². The maximum absolute atomic E-state index is 10.8. The lowest BCUT2D eigenvalue weighted by Crippen LogP contribution is -2.21. The number of carbonyl (C=O) groups is 1. The van der Waals surface area contributed by atoms with Gasteiger partial charge in [-0.3, -0.25) is 4.79 Å². The summed E-state index contributed by atoms with van der Waals surface area (Å²) in [5, 5.41) is 22.8. The van der Waals surface area contributed by atoms with Crippen molar-refractivity contribution in [3.63, 3.8) is 0 Å². The average molecular weight is 269 g/mol. The fourth-order valence-corrected chi connectivity index (χ4v) is 2.19. The van der Waals surface area contributed by atoms with E-state index in [-0.39, 0.29) is 10.9 Å². The quantitative estimate of drug-likeness (QED) is 0.721. The molecule has 3 N–H and O–H groups in total. The van der Waals surface area contributed by atoms with E-state index in [4.69, 9.17) is 0 Å². The van der Waals surface area contributed by atoms with Gasteiger partial charge >= 0.3 is 0 Å². The Morgan fingerprint density at radius 2 is 2.17 bits per heavy atom. The van der Waals surface area contributed by atoms with E-state index in [0.29, 0.717) is 12.1 Å². The lowest BCUT2D eigenvalue weighted by atomic mass is 10.0. The number of carbonyl (C=O) groups excluding carboxylic acids is 1. The maximum atomic E-state index is 10.8. The summed E-state index contributed by atoms with van der Waals surface area (Å²) in [6, 6.07) is 7.41. The molecule has 1 aromatic rings. The summed E-state index contributed by atoms with van der Waals surface area (Å²) in [5.74, 6) is 0.201. The van der Waals surface area contributed by atoms with Crippen LogP contribution in [0.3, 0.4) is 0 Å². The van der Waals surface area contributed by atoms with E-state index in [0.717, 1.165) is 17.3 Å². The molecule has 2 atom stereocenters. The van der Waals surface area contributed by atoms with Crippen molar-refractivity contribution < 1.29 is 15.0 Å². The van der Waals surface area contributed by atoms with E-state index in [1.807, 2.05) is 25.2 Å². The minimum absolute atomic E-state index is 0.0646. The molecule has 0 saturated carbocycles. The first kappa shape index (κ1) is 15.2. The number of aliphatic hydroxyl groups is 2. The molecule has 0 radical (unpaired) electrons. The minimum atomic E-state index is -0.964. The molecule has 0 aliphatic carbocycles. The Kier molecular flexibility index (Phi) is 6.35. The molecule has 1 aromatic carbocycles. The van der Waals surface area contributed by atoms with Gasteiger partial charge in [0.2, 0.25) is 0 Å². The van der Waals surface area contributed by atoms with E-state index in [1.165, 1.54) is 6.92 Å². The van der Waals surface area contributed by atoms with Crippen molar-refractivity contribution in [3.8, 4) is 0 Å². The third kappa shape index (κ3) is 4.78. The maximum Gasteiger partial charge on any atom is 0.185 e. The Balaban J connectivity index is 2.67. The molecule has 0 aliphatic rings. The summed E-state index contributed by atoms with van der Waals surface area (Å²) in [6.45, 7) is 2.15. The number of thioether (sulfide) groups is 1. The molecule has 0 aliphatic heterocycles. The Morgan fingerprint density at radius 1 is 1.44 bits per heavy atom. The monoisotopic (exact) mass is 269 g/mol. The summed E-state index contributed by atoms with van der Waals surface area (Å²) in [6.07, 6.45) is -1.91. The standard InChI is InChI=1S/C13H19NO3S/c1-9(15)18-8-12(16)13(17)11-5-3-4-10(6-11)7-14-2/h3-6,12-14,16-17H,7-8H2,1-2H3. The van der Waals surface area contributed by atoms with Gasteiger partial charge in [0.25, 0.3) is 0 Å². The smallest absolute Gasteiger partial charge is 0.185 e. The van der Waals surface area contributed by atoms with Gasteiger partial charge in [0.15, 0.2) is 5.12 Å². The number of hydrogen-bond acceptors (Lipinski definition) is 5. The Hall–Kier alpha value is -0.880. The SMILES string of the molecule is CNCc1cccc(C(O)C(O)CSC(C)=O)c1. The fourth-order valence-electron chi connectivity index (χ4n) is 1.61. The van der Waals surface area contributed by atoms with Crippen molar-refractivity contribution in [2.24, 2.45) is 0 Å². The third-order valence-corrected chi connectivity index (χ3v) is 3.41. The highest BCUT2D eigenvalue weighted by Gasteiger charge is 2.19. The van der Waals surface area contributed by atoms with Crippen LogP contribution >= 0.6 is 11.8 Å². The zero-order chi connectivity index (χ0) is 13.5. The van der Waals surface area contributed by atoms with Crippen LogP contribution in [0, 0.1) is 0 Å². The molecule has 4 nitrogen and oxygen atoms in total. The Labute approximate surface area is 111 Å². The van der Waals surface area contributed by atoms with Crippen molar-refractivity contribution in [3.05, 3.63) is 35.4 Å². The highest BCUT2D eigenvalue weighted by atomic mass is 32.2. The van der Waals surface area contributed by atoms with Gasteiger partial charge in [-0.25, -0.2) is 0 Å². The van der Waals surface area contributed by atoms with E-state index < -0.39 is 12.2 Å². The average Bonchev–Trinajstić information content (AvgIpc) is 2.35. The number of hydrogen-bond donors (Lipinski definition) is 3. The lowest BCUT2D eigenvalue weighted by molar-refractivity contribution is -0.109. The molecule has 100 valence electrons. The van der Waals surface area contributed by atoms with Crippen LogP contribution in [-0.4, -0.2) is 34.2 Å². The first-order chi connectivity index (χ1) is 8.54. The van der Waals surface area contributed by atoms with Crippen LogP contribution in [-0.2, 0) is 11.3 Å². The molecule has 0 fully saturated rings. The van der Waals surface area contributed by atoms with Crippen LogP contribution in [0.25, 0.3) is 0 Å². The van der Waals surface area contributed by atoms with Gasteiger partial charge < -0.3 is 15.5 Å². The van der Waals surface area contributed by atoms with E-state index in [2.05, 4.69) is 5.32 Å². The fraction of sp³-hybridized carbons (Fsp3) is 0.462. The second kappa shape index (κ2) is 7.53. The van der Waals surface area contributed by atoms with Crippen molar-refractivity contribution >= 4 is 16.9 Å². The summed E-state index contributed by atoms with van der Waals surface area (Å²) in [5.41, 5.74) is 1.71. The molecule has 0 saturated heterocycles. The van der Waals surface area contributed by atoms with Crippen LogP contribution in [0.5, 0.6) is 0 Å². The highest BCUT2D eigenvalue weighted by molar-refractivity contribution is 8.13. The van der Waals surface area contributed by atoms with E-state index >= 15 is 0 Å². The highest BCUT2D eigenvalue weighted by Crippen LogP contribution is 2.21. The summed E-state index contributed by atoms with van der Waals surface area (Å²) >= 11 is 1.02. The molecule has 0 bridgehead atoms. The third-order valence-electron chi connectivity index (χ3n) is 2.50. The van der Waals surface area contributed by atoms with Crippen LogP contribution in [0.1, 0.15) is 24.2 Å². The van der Waals surface area contributed by atoms with Gasteiger partial charge in [0.05, 0.1) is 6.10 Å². The lowest BCUT2D eigenvalue weighted by Gasteiger charge is -2.18. The van der Waals surface area contributed by atoms with Gasteiger partial charge in [-0.05, 0) is 18.2 Å². The van der Waals surface area contributed by atoms with E-state index in [1.54, 1.807) is 6.07 Å². The van der Waals surface area contributed by atoms with Crippen LogP contribution < -0.4 is 5.32 Å². The largest absolute Gasteiger partial charge is 0.389 e. The van der Waals surface area contributed by atoms with Crippen molar-refractivity contribution in [1.82, 2.24) is 5.32 Å². The molecule has 0 aromatic heterocycles. The normalized spacial score (nSPS) is 14.2. The van der Waals surface area contributed by atoms with Gasteiger partial charge in [0.1, 0.15) is 6.10 Å². The van der Waals surface area contributed by atoms with Crippen LogP contribution in [0.2, 0.25) is 0 Å². The summed E-state index contributed by atoms with van der Waals surface area (Å²) in [4.78, 5) is 10.8. The number of benzene rings is 1. The molecular formula is C13H19NO3S. The van der Waals surface area contributed by atoms with Crippen LogP contribution in [0.15, 0.2) is 24.3 Å². The van der Waals surface area contributed by atoms with Gasteiger partial charge in [0, 0.05) is 19.2 Å². The molecule has 1 rings (SSSR count). The second-order valence-corrected chi connectivity index (χ2v) is 5.29. The van der Waals surface area contributed by atoms with Crippen molar-refractivity contribution in [2.45, 2.75) is 25.7 Å². The van der Waals surface area contributed by atoms with Gasteiger partial charge in [-0.15, -0.1) is 0 Å². The second-order valence-electron chi connectivity index (χ2n) is 4.09. The minimum Gasteiger partial charge on any atom is -0.389 e. The zero-order valence-electron chi connectivity index (χ0n) is 10.6. The van der Waals surface area contributed by atoms with Crippen molar-refractivity contribution in [1.29, 1.82) is 0 Å². The first-order valence-corrected chi connectivity index (χ1v) is 6.76.